The summed E-state index contributed by atoms with van der Waals surface area (Å²) in [6.07, 6.45) is 0. The smallest absolute Gasteiger partial charge is 0.239 e. The van der Waals surface area contributed by atoms with Crippen LogP contribution in [0.15, 0.2) is 36.4 Å². The number of methoxy groups -OCH3 is 2. The monoisotopic (exact) mass is 394 g/mol. The number of carbonyl (C=O) groups excluding carboxylic acids is 2. The van der Waals surface area contributed by atoms with E-state index in [0.29, 0.717) is 17.2 Å². The molecule has 0 atom stereocenters. The van der Waals surface area contributed by atoms with E-state index in [9.17, 15) is 14.0 Å². The molecule has 2 N–H and O–H groups in total. The van der Waals surface area contributed by atoms with Crippen molar-refractivity contribution >= 4 is 34.8 Å². The minimum Gasteiger partial charge on any atom is -0.497 e. The van der Waals surface area contributed by atoms with Crippen LogP contribution in [0.2, 0.25) is 5.02 Å². The van der Waals surface area contributed by atoms with E-state index in [0.717, 1.165) is 6.07 Å². The van der Waals surface area contributed by atoms with E-state index >= 15 is 0 Å². The number of ether oxygens (including phenoxy) is 2. The molecule has 0 radical (unpaired) electrons. The van der Waals surface area contributed by atoms with Crippen LogP contribution in [0.1, 0.15) is 13.8 Å². The summed E-state index contributed by atoms with van der Waals surface area (Å²) in [4.78, 5) is 25.2. The number of halogens is 2. The molecule has 0 heterocycles. The summed E-state index contributed by atoms with van der Waals surface area (Å²) in [6.45, 7) is 2.94. The Labute approximate surface area is 161 Å². The number of hydrogen-bond donors (Lipinski definition) is 2. The van der Waals surface area contributed by atoms with Gasteiger partial charge in [0.05, 0.1) is 24.9 Å². The van der Waals surface area contributed by atoms with Gasteiger partial charge in [-0.25, -0.2) is 4.39 Å². The summed E-state index contributed by atoms with van der Waals surface area (Å²) >= 11 is 5.71. The Kier molecular flexibility index (Phi) is 6.28. The van der Waals surface area contributed by atoms with Crippen LogP contribution >= 0.6 is 11.6 Å². The van der Waals surface area contributed by atoms with Crippen LogP contribution in [0.5, 0.6) is 11.5 Å². The third-order valence-electron chi connectivity index (χ3n) is 3.97. The highest BCUT2D eigenvalue weighted by molar-refractivity contribution is 6.31. The van der Waals surface area contributed by atoms with Crippen LogP contribution in [-0.2, 0) is 9.59 Å². The molecule has 0 fully saturated rings. The third-order valence-corrected chi connectivity index (χ3v) is 4.26. The maximum absolute atomic E-state index is 13.2. The fourth-order valence-electron chi connectivity index (χ4n) is 2.14. The number of carbonyl (C=O) groups is 2. The van der Waals surface area contributed by atoms with E-state index in [-0.39, 0.29) is 10.7 Å². The zero-order chi connectivity index (χ0) is 20.2. The molecule has 0 saturated heterocycles. The van der Waals surface area contributed by atoms with Gasteiger partial charge < -0.3 is 20.1 Å². The Morgan fingerprint density at radius 3 is 2.26 bits per heavy atom. The van der Waals surface area contributed by atoms with Gasteiger partial charge in [-0.05, 0) is 44.2 Å². The van der Waals surface area contributed by atoms with Crippen LogP contribution in [0.3, 0.4) is 0 Å². The Hall–Kier alpha value is -2.80. The number of nitrogens with one attached hydrogen (secondary N) is 2. The molecule has 2 rings (SSSR count). The predicted octanol–water partition coefficient (Wildman–Crippen LogP) is 4.10. The lowest BCUT2D eigenvalue weighted by Gasteiger charge is -2.23. The Bertz CT molecular complexity index is 871. The summed E-state index contributed by atoms with van der Waals surface area (Å²) in [6, 6.07) is 8.65. The summed E-state index contributed by atoms with van der Waals surface area (Å²) < 4.78 is 23.6. The Morgan fingerprint density at radius 1 is 1.00 bits per heavy atom. The van der Waals surface area contributed by atoms with Gasteiger partial charge in [0, 0.05) is 11.8 Å². The normalized spacial score (nSPS) is 10.9. The van der Waals surface area contributed by atoms with Gasteiger partial charge in [-0.2, -0.15) is 0 Å². The molecular weight excluding hydrogens is 375 g/mol. The Balaban J connectivity index is 2.16. The highest BCUT2D eigenvalue weighted by Gasteiger charge is 2.36. The van der Waals surface area contributed by atoms with Crippen molar-refractivity contribution in [3.8, 4) is 11.5 Å². The average Bonchev–Trinajstić information content (AvgIpc) is 2.64. The third kappa shape index (κ3) is 4.68. The molecule has 2 aromatic carbocycles. The fraction of sp³-hybridized carbons (Fsp3) is 0.263. The number of hydrogen-bond acceptors (Lipinski definition) is 4. The molecular formula is C19H20ClFN2O4. The molecule has 2 amide bonds. The molecule has 0 spiro atoms. The largest absolute Gasteiger partial charge is 0.497 e. The highest BCUT2D eigenvalue weighted by atomic mass is 35.5. The van der Waals surface area contributed by atoms with Gasteiger partial charge in [-0.3, -0.25) is 9.59 Å². The van der Waals surface area contributed by atoms with Crippen molar-refractivity contribution in [2.45, 2.75) is 13.8 Å². The standard InChI is InChI=1S/C19H20ClFN2O4/c1-19(2,17(24)22-11-5-7-14(21)13(20)9-11)18(25)23-15-8-6-12(26-3)10-16(15)27-4/h5-10H,1-4H3,(H,22,24)(H,23,25). The van der Waals surface area contributed by atoms with Gasteiger partial charge in [-0.15, -0.1) is 0 Å². The molecule has 6 nitrogen and oxygen atoms in total. The van der Waals surface area contributed by atoms with Crippen molar-refractivity contribution in [3.63, 3.8) is 0 Å². The van der Waals surface area contributed by atoms with Crippen LogP contribution in [-0.4, -0.2) is 26.0 Å². The number of amides is 2. The van der Waals surface area contributed by atoms with E-state index < -0.39 is 23.0 Å². The maximum atomic E-state index is 13.2. The van der Waals surface area contributed by atoms with Gasteiger partial charge in [0.2, 0.25) is 11.8 Å². The number of rotatable bonds is 6. The van der Waals surface area contributed by atoms with Gasteiger partial charge >= 0.3 is 0 Å². The zero-order valence-corrected chi connectivity index (χ0v) is 16.1. The molecule has 0 aliphatic heterocycles. The predicted molar refractivity (Wildman–Crippen MR) is 102 cm³/mol. The second-order valence-corrected chi connectivity index (χ2v) is 6.64. The SMILES string of the molecule is COc1ccc(NC(=O)C(C)(C)C(=O)Nc2ccc(F)c(Cl)c2)c(OC)c1. The van der Waals surface area contributed by atoms with Crippen molar-refractivity contribution in [3.05, 3.63) is 47.2 Å². The minimum absolute atomic E-state index is 0.127. The first-order valence-electron chi connectivity index (χ1n) is 7.99. The van der Waals surface area contributed by atoms with Crippen LogP contribution in [0.4, 0.5) is 15.8 Å². The molecule has 0 aromatic heterocycles. The molecule has 2 aromatic rings. The second kappa shape index (κ2) is 8.26. The molecule has 8 heteroatoms. The molecule has 0 aliphatic rings. The van der Waals surface area contributed by atoms with Gasteiger partial charge in [-0.1, -0.05) is 11.6 Å². The topological polar surface area (TPSA) is 76.7 Å². The van der Waals surface area contributed by atoms with Crippen molar-refractivity contribution in [1.29, 1.82) is 0 Å². The quantitative estimate of drug-likeness (QED) is 0.723. The lowest BCUT2D eigenvalue weighted by Crippen LogP contribution is -2.41. The number of benzene rings is 2. The van der Waals surface area contributed by atoms with Crippen molar-refractivity contribution in [1.82, 2.24) is 0 Å². The van der Waals surface area contributed by atoms with E-state index in [1.54, 1.807) is 18.2 Å². The van der Waals surface area contributed by atoms with E-state index in [4.69, 9.17) is 21.1 Å². The van der Waals surface area contributed by atoms with E-state index in [1.807, 2.05) is 0 Å². The molecule has 144 valence electrons. The maximum Gasteiger partial charge on any atom is 0.239 e. The second-order valence-electron chi connectivity index (χ2n) is 6.23. The van der Waals surface area contributed by atoms with Gasteiger partial charge in [0.1, 0.15) is 22.7 Å². The summed E-state index contributed by atoms with van der Waals surface area (Å²) in [5.41, 5.74) is -0.741. The van der Waals surface area contributed by atoms with E-state index in [2.05, 4.69) is 10.6 Å². The first-order valence-corrected chi connectivity index (χ1v) is 8.36. The van der Waals surface area contributed by atoms with Crippen molar-refractivity contribution in [2.75, 3.05) is 24.9 Å². The first kappa shape index (κ1) is 20.5. The van der Waals surface area contributed by atoms with Crippen LogP contribution < -0.4 is 20.1 Å². The van der Waals surface area contributed by atoms with E-state index in [1.165, 1.54) is 40.2 Å². The minimum atomic E-state index is -1.42. The Morgan fingerprint density at radius 2 is 1.67 bits per heavy atom. The average molecular weight is 395 g/mol. The summed E-state index contributed by atoms with van der Waals surface area (Å²) in [5.74, 6) is -0.760. The summed E-state index contributed by atoms with van der Waals surface area (Å²) in [5, 5.41) is 5.11. The van der Waals surface area contributed by atoms with Gasteiger partial charge in [0.15, 0.2) is 0 Å². The fourth-order valence-corrected chi connectivity index (χ4v) is 2.33. The molecule has 0 saturated carbocycles. The van der Waals surface area contributed by atoms with Crippen molar-refractivity contribution < 1.29 is 23.5 Å². The molecule has 27 heavy (non-hydrogen) atoms. The molecule has 0 bridgehead atoms. The summed E-state index contributed by atoms with van der Waals surface area (Å²) in [7, 11) is 2.97. The first-order chi connectivity index (χ1) is 12.7. The van der Waals surface area contributed by atoms with Crippen LogP contribution in [0.25, 0.3) is 0 Å². The van der Waals surface area contributed by atoms with Gasteiger partial charge in [0.25, 0.3) is 0 Å². The van der Waals surface area contributed by atoms with Crippen LogP contribution in [0, 0.1) is 11.2 Å². The molecule has 0 aliphatic carbocycles. The lowest BCUT2D eigenvalue weighted by molar-refractivity contribution is -0.135. The van der Waals surface area contributed by atoms with Crippen molar-refractivity contribution in [2.24, 2.45) is 5.41 Å². The highest BCUT2D eigenvalue weighted by Crippen LogP contribution is 2.31. The zero-order valence-electron chi connectivity index (χ0n) is 15.4. The number of anilines is 2. The molecule has 0 unspecified atom stereocenters. The lowest BCUT2D eigenvalue weighted by atomic mass is 9.90.